The van der Waals surface area contributed by atoms with Crippen molar-refractivity contribution >= 4 is 21.6 Å². The number of pyridine rings is 1. The Kier molecular flexibility index (Phi) is 2.42. The lowest BCUT2D eigenvalue weighted by atomic mass is 10.2. The van der Waals surface area contributed by atoms with Crippen molar-refractivity contribution in [3.05, 3.63) is 29.3 Å². The van der Waals surface area contributed by atoms with Gasteiger partial charge in [-0.15, -0.1) is 11.3 Å². The summed E-state index contributed by atoms with van der Waals surface area (Å²) in [6.07, 6.45) is 4.08. The molecule has 16 heavy (non-hydrogen) atoms. The van der Waals surface area contributed by atoms with E-state index in [0.29, 0.717) is 0 Å². The Morgan fingerprint density at radius 2 is 2.38 bits per heavy atom. The van der Waals surface area contributed by atoms with Gasteiger partial charge in [-0.1, -0.05) is 0 Å². The van der Waals surface area contributed by atoms with Crippen molar-refractivity contribution in [2.45, 2.75) is 24.9 Å². The summed E-state index contributed by atoms with van der Waals surface area (Å²) in [4.78, 5) is 4.40. The van der Waals surface area contributed by atoms with Gasteiger partial charge in [-0.25, -0.2) is 0 Å². The summed E-state index contributed by atoms with van der Waals surface area (Å²) in [5.74, 6) is 0. The summed E-state index contributed by atoms with van der Waals surface area (Å²) in [6.45, 7) is 1.03. The van der Waals surface area contributed by atoms with E-state index >= 15 is 0 Å². The summed E-state index contributed by atoms with van der Waals surface area (Å²) < 4.78 is 1.23. The van der Waals surface area contributed by atoms with E-state index in [2.05, 4.69) is 21.7 Å². The number of aromatic nitrogens is 1. The predicted molar refractivity (Wildman–Crippen MR) is 65.5 cm³/mol. The fourth-order valence-corrected chi connectivity index (χ4v) is 2.62. The minimum Gasteiger partial charge on any atom is -0.394 e. The summed E-state index contributed by atoms with van der Waals surface area (Å²) in [5, 5.41) is 14.7. The molecule has 1 fully saturated rings. The average Bonchev–Trinajstić information content (AvgIpc) is 2.96. The molecule has 0 amide bonds. The highest BCUT2D eigenvalue weighted by Crippen LogP contribution is 2.34. The normalized spacial score (nSPS) is 17.8. The molecule has 0 atom stereocenters. The molecule has 0 aromatic carbocycles. The molecular formula is C12H14N2OS. The molecule has 1 aliphatic rings. The molecule has 0 bridgehead atoms. The van der Waals surface area contributed by atoms with Crippen LogP contribution in [-0.2, 0) is 6.54 Å². The molecule has 0 unspecified atom stereocenters. The van der Waals surface area contributed by atoms with Crippen molar-refractivity contribution in [2.24, 2.45) is 0 Å². The van der Waals surface area contributed by atoms with Crippen LogP contribution in [0.25, 0.3) is 10.2 Å². The molecular weight excluding hydrogens is 220 g/mol. The van der Waals surface area contributed by atoms with Gasteiger partial charge in [-0.05, 0) is 35.9 Å². The van der Waals surface area contributed by atoms with Crippen LogP contribution < -0.4 is 5.32 Å². The molecule has 1 saturated carbocycles. The summed E-state index contributed by atoms with van der Waals surface area (Å²) in [5.41, 5.74) is 2.26. The first-order valence-corrected chi connectivity index (χ1v) is 6.37. The van der Waals surface area contributed by atoms with Crippen LogP contribution in [-0.4, -0.2) is 22.2 Å². The Bertz CT molecular complexity index is 504. The Morgan fingerprint density at radius 1 is 1.50 bits per heavy atom. The van der Waals surface area contributed by atoms with Crippen molar-refractivity contribution in [1.82, 2.24) is 10.3 Å². The molecule has 0 saturated heterocycles. The number of aliphatic hydroxyl groups excluding tert-OH is 1. The summed E-state index contributed by atoms with van der Waals surface area (Å²) >= 11 is 1.72. The van der Waals surface area contributed by atoms with Crippen LogP contribution in [0.15, 0.2) is 23.7 Å². The van der Waals surface area contributed by atoms with Gasteiger partial charge in [0.25, 0.3) is 0 Å². The minimum atomic E-state index is 0.00437. The van der Waals surface area contributed by atoms with Crippen LogP contribution >= 0.6 is 11.3 Å². The van der Waals surface area contributed by atoms with E-state index in [1.54, 1.807) is 11.3 Å². The van der Waals surface area contributed by atoms with Crippen LogP contribution in [0, 0.1) is 0 Å². The summed E-state index contributed by atoms with van der Waals surface area (Å²) in [7, 11) is 0. The lowest BCUT2D eigenvalue weighted by Gasteiger charge is -2.13. The highest BCUT2D eigenvalue weighted by molar-refractivity contribution is 7.17. The maximum absolute atomic E-state index is 9.20. The molecule has 2 aromatic rings. The first-order chi connectivity index (χ1) is 7.81. The number of rotatable bonds is 4. The van der Waals surface area contributed by atoms with E-state index < -0.39 is 0 Å². The first kappa shape index (κ1) is 10.2. The van der Waals surface area contributed by atoms with Crippen molar-refractivity contribution in [2.75, 3.05) is 6.61 Å². The third-order valence-corrected chi connectivity index (χ3v) is 4.04. The highest BCUT2D eigenvalue weighted by atomic mass is 32.1. The molecule has 84 valence electrons. The second kappa shape index (κ2) is 3.80. The van der Waals surface area contributed by atoms with E-state index in [4.69, 9.17) is 0 Å². The van der Waals surface area contributed by atoms with Crippen molar-refractivity contribution in [3.8, 4) is 0 Å². The third kappa shape index (κ3) is 1.84. The van der Waals surface area contributed by atoms with E-state index in [1.165, 1.54) is 10.3 Å². The Hall–Kier alpha value is -0.970. The largest absolute Gasteiger partial charge is 0.394 e. The zero-order valence-electron chi connectivity index (χ0n) is 8.94. The molecule has 2 aromatic heterocycles. The van der Waals surface area contributed by atoms with Crippen LogP contribution in [0.4, 0.5) is 0 Å². The van der Waals surface area contributed by atoms with E-state index in [0.717, 1.165) is 24.9 Å². The van der Waals surface area contributed by atoms with Crippen LogP contribution in [0.2, 0.25) is 0 Å². The standard InChI is InChI=1S/C12H14N2OS/c15-8-12(2-3-12)14-7-9-5-11-10(13-6-9)1-4-16-11/h1,4-6,14-15H,2-3,7-8H2. The van der Waals surface area contributed by atoms with Crippen molar-refractivity contribution in [3.63, 3.8) is 0 Å². The smallest absolute Gasteiger partial charge is 0.0809 e. The number of hydrogen-bond donors (Lipinski definition) is 2. The van der Waals surface area contributed by atoms with Crippen molar-refractivity contribution < 1.29 is 5.11 Å². The van der Waals surface area contributed by atoms with E-state index in [-0.39, 0.29) is 12.1 Å². The number of fused-ring (bicyclic) bond motifs is 1. The lowest BCUT2D eigenvalue weighted by molar-refractivity contribution is 0.229. The van der Waals surface area contributed by atoms with Gasteiger partial charge in [-0.3, -0.25) is 4.98 Å². The quantitative estimate of drug-likeness (QED) is 0.849. The predicted octanol–water partition coefficient (Wildman–Crippen LogP) is 1.91. The minimum absolute atomic E-state index is 0.00437. The van der Waals surface area contributed by atoms with Gasteiger partial charge in [0.1, 0.15) is 0 Å². The zero-order chi connectivity index (χ0) is 11.0. The highest BCUT2D eigenvalue weighted by Gasteiger charge is 2.41. The molecule has 0 radical (unpaired) electrons. The molecule has 0 aliphatic heterocycles. The zero-order valence-corrected chi connectivity index (χ0v) is 9.76. The maximum atomic E-state index is 9.20. The van der Waals surface area contributed by atoms with Crippen LogP contribution in [0.1, 0.15) is 18.4 Å². The molecule has 4 heteroatoms. The number of hydrogen-bond acceptors (Lipinski definition) is 4. The van der Waals surface area contributed by atoms with Crippen molar-refractivity contribution in [1.29, 1.82) is 0 Å². The van der Waals surface area contributed by atoms with Gasteiger partial charge in [-0.2, -0.15) is 0 Å². The van der Waals surface area contributed by atoms with E-state index in [9.17, 15) is 5.11 Å². The summed E-state index contributed by atoms with van der Waals surface area (Å²) in [6, 6.07) is 4.21. The SMILES string of the molecule is OCC1(NCc2cnc3ccsc3c2)CC1. The number of thiophene rings is 1. The van der Waals surface area contributed by atoms with Crippen LogP contribution in [0.3, 0.4) is 0 Å². The topological polar surface area (TPSA) is 45.1 Å². The molecule has 1 aliphatic carbocycles. The van der Waals surface area contributed by atoms with Gasteiger partial charge in [0, 0.05) is 18.3 Å². The fraction of sp³-hybridized carbons (Fsp3) is 0.417. The number of aliphatic hydroxyl groups is 1. The third-order valence-electron chi connectivity index (χ3n) is 3.18. The first-order valence-electron chi connectivity index (χ1n) is 5.49. The van der Waals surface area contributed by atoms with Gasteiger partial charge in [0.15, 0.2) is 0 Å². The molecule has 3 rings (SSSR count). The monoisotopic (exact) mass is 234 g/mol. The molecule has 2 N–H and O–H groups in total. The van der Waals surface area contributed by atoms with Gasteiger partial charge < -0.3 is 10.4 Å². The number of nitrogens with zero attached hydrogens (tertiary/aromatic N) is 1. The molecule has 3 nitrogen and oxygen atoms in total. The lowest BCUT2D eigenvalue weighted by Crippen LogP contribution is -2.34. The van der Waals surface area contributed by atoms with E-state index in [1.807, 2.05) is 12.3 Å². The second-order valence-electron chi connectivity index (χ2n) is 4.44. The Labute approximate surface area is 98.1 Å². The molecule has 0 spiro atoms. The van der Waals surface area contributed by atoms with Gasteiger partial charge in [0.05, 0.1) is 16.8 Å². The van der Waals surface area contributed by atoms with Gasteiger partial charge >= 0.3 is 0 Å². The fourth-order valence-electron chi connectivity index (χ4n) is 1.81. The Balaban J connectivity index is 1.74. The van der Waals surface area contributed by atoms with Gasteiger partial charge in [0.2, 0.25) is 0 Å². The Morgan fingerprint density at radius 3 is 3.12 bits per heavy atom. The van der Waals surface area contributed by atoms with Crippen LogP contribution in [0.5, 0.6) is 0 Å². The molecule has 2 heterocycles. The number of nitrogens with one attached hydrogen (secondary N) is 1. The average molecular weight is 234 g/mol. The second-order valence-corrected chi connectivity index (χ2v) is 5.39. The maximum Gasteiger partial charge on any atom is 0.0809 e.